The minimum atomic E-state index is 0.420. The highest BCUT2D eigenvalue weighted by atomic mass is 16.5. The first kappa shape index (κ1) is 9.15. The summed E-state index contributed by atoms with van der Waals surface area (Å²) in [5, 5.41) is 6.64. The Bertz CT molecular complexity index is 224. The van der Waals surface area contributed by atoms with E-state index in [1.807, 2.05) is 14.0 Å². The van der Waals surface area contributed by atoms with Crippen molar-refractivity contribution in [1.82, 2.24) is 15.5 Å². The SMILES string of the molecule is CCOCc1noc(CNC)n1. The molecular formula is C7H13N3O2. The van der Waals surface area contributed by atoms with Crippen LogP contribution >= 0.6 is 0 Å². The van der Waals surface area contributed by atoms with Gasteiger partial charge < -0.3 is 14.6 Å². The molecule has 12 heavy (non-hydrogen) atoms. The van der Waals surface area contributed by atoms with Crippen molar-refractivity contribution in [3.8, 4) is 0 Å². The molecule has 0 aromatic carbocycles. The van der Waals surface area contributed by atoms with Gasteiger partial charge in [0.25, 0.3) is 0 Å². The van der Waals surface area contributed by atoms with Crippen molar-refractivity contribution in [2.24, 2.45) is 0 Å². The Morgan fingerprint density at radius 2 is 2.42 bits per heavy atom. The summed E-state index contributed by atoms with van der Waals surface area (Å²) >= 11 is 0. The first-order valence-electron chi connectivity index (χ1n) is 3.90. The zero-order valence-corrected chi connectivity index (χ0v) is 7.33. The molecule has 0 amide bonds. The van der Waals surface area contributed by atoms with E-state index in [2.05, 4.69) is 15.5 Å². The van der Waals surface area contributed by atoms with Gasteiger partial charge in [0.2, 0.25) is 5.89 Å². The number of ether oxygens (including phenoxy) is 1. The molecule has 1 aromatic heterocycles. The largest absolute Gasteiger partial charge is 0.374 e. The minimum Gasteiger partial charge on any atom is -0.374 e. The summed E-state index contributed by atoms with van der Waals surface area (Å²) in [5.41, 5.74) is 0. The molecule has 0 atom stereocenters. The van der Waals surface area contributed by atoms with E-state index >= 15 is 0 Å². The predicted molar refractivity (Wildman–Crippen MR) is 42.4 cm³/mol. The van der Waals surface area contributed by atoms with Gasteiger partial charge in [-0.15, -0.1) is 0 Å². The van der Waals surface area contributed by atoms with E-state index in [0.717, 1.165) is 0 Å². The fourth-order valence-corrected chi connectivity index (χ4v) is 0.765. The Morgan fingerprint density at radius 3 is 3.08 bits per heavy atom. The van der Waals surface area contributed by atoms with E-state index in [0.29, 0.717) is 31.5 Å². The maximum Gasteiger partial charge on any atom is 0.240 e. The second-order valence-corrected chi connectivity index (χ2v) is 2.27. The monoisotopic (exact) mass is 171 g/mol. The van der Waals surface area contributed by atoms with Gasteiger partial charge in [-0.1, -0.05) is 5.16 Å². The molecule has 0 bridgehead atoms. The van der Waals surface area contributed by atoms with E-state index in [4.69, 9.17) is 9.26 Å². The lowest BCUT2D eigenvalue weighted by molar-refractivity contribution is 0.126. The number of aromatic nitrogens is 2. The Balaban J connectivity index is 2.41. The fourth-order valence-electron chi connectivity index (χ4n) is 0.765. The third-order valence-electron chi connectivity index (χ3n) is 1.27. The third-order valence-corrected chi connectivity index (χ3v) is 1.27. The summed E-state index contributed by atoms with van der Waals surface area (Å²) in [4.78, 5) is 4.07. The number of hydrogen-bond acceptors (Lipinski definition) is 5. The van der Waals surface area contributed by atoms with Crippen molar-refractivity contribution in [2.75, 3.05) is 13.7 Å². The van der Waals surface area contributed by atoms with Gasteiger partial charge in [-0.2, -0.15) is 4.98 Å². The first-order chi connectivity index (χ1) is 5.86. The average Bonchev–Trinajstić information content (AvgIpc) is 2.50. The van der Waals surface area contributed by atoms with Crippen LogP contribution in [0.4, 0.5) is 0 Å². The van der Waals surface area contributed by atoms with Crippen molar-refractivity contribution in [3.63, 3.8) is 0 Å². The number of nitrogens with zero attached hydrogens (tertiary/aromatic N) is 2. The van der Waals surface area contributed by atoms with Gasteiger partial charge in [-0.25, -0.2) is 0 Å². The summed E-state index contributed by atoms with van der Waals surface area (Å²) in [7, 11) is 1.83. The molecule has 0 saturated heterocycles. The fraction of sp³-hybridized carbons (Fsp3) is 0.714. The summed E-state index contributed by atoms with van der Waals surface area (Å²) < 4.78 is 10.0. The molecule has 0 aliphatic carbocycles. The van der Waals surface area contributed by atoms with Crippen LogP contribution in [0.15, 0.2) is 4.52 Å². The molecule has 0 fully saturated rings. The van der Waals surface area contributed by atoms with Crippen LogP contribution in [0.3, 0.4) is 0 Å². The van der Waals surface area contributed by atoms with Crippen LogP contribution in [0, 0.1) is 0 Å². The van der Waals surface area contributed by atoms with Crippen LogP contribution < -0.4 is 5.32 Å². The minimum absolute atomic E-state index is 0.420. The third kappa shape index (κ3) is 2.60. The van der Waals surface area contributed by atoms with Crippen molar-refractivity contribution in [2.45, 2.75) is 20.1 Å². The van der Waals surface area contributed by atoms with Crippen LogP contribution in [-0.4, -0.2) is 23.8 Å². The zero-order chi connectivity index (χ0) is 8.81. The molecule has 1 rings (SSSR count). The quantitative estimate of drug-likeness (QED) is 0.691. The zero-order valence-electron chi connectivity index (χ0n) is 7.33. The average molecular weight is 171 g/mol. The van der Waals surface area contributed by atoms with E-state index in [-0.39, 0.29) is 0 Å². The molecule has 68 valence electrons. The predicted octanol–water partition coefficient (Wildman–Crippen LogP) is 0.325. The highest BCUT2D eigenvalue weighted by Crippen LogP contribution is 1.97. The van der Waals surface area contributed by atoms with Crippen LogP contribution in [0.1, 0.15) is 18.6 Å². The molecule has 0 unspecified atom stereocenters. The summed E-state index contributed by atoms with van der Waals surface area (Å²) in [5.74, 6) is 1.19. The normalized spacial score (nSPS) is 10.5. The molecule has 0 aliphatic heterocycles. The lowest BCUT2D eigenvalue weighted by atomic mass is 10.6. The number of nitrogens with one attached hydrogen (secondary N) is 1. The maximum atomic E-state index is 5.11. The van der Waals surface area contributed by atoms with E-state index in [9.17, 15) is 0 Å². The van der Waals surface area contributed by atoms with Gasteiger partial charge in [-0.3, -0.25) is 0 Å². The molecule has 0 spiro atoms. The molecule has 1 N–H and O–H groups in total. The van der Waals surface area contributed by atoms with Gasteiger partial charge >= 0.3 is 0 Å². The van der Waals surface area contributed by atoms with Gasteiger partial charge in [-0.05, 0) is 14.0 Å². The number of hydrogen-bond donors (Lipinski definition) is 1. The van der Waals surface area contributed by atoms with Crippen molar-refractivity contribution in [1.29, 1.82) is 0 Å². The van der Waals surface area contributed by atoms with Gasteiger partial charge in [0.05, 0.1) is 6.54 Å². The summed E-state index contributed by atoms with van der Waals surface area (Å²) in [6.45, 7) is 3.60. The summed E-state index contributed by atoms with van der Waals surface area (Å²) in [6, 6.07) is 0. The van der Waals surface area contributed by atoms with Gasteiger partial charge in [0.1, 0.15) is 6.61 Å². The number of rotatable bonds is 5. The molecule has 1 heterocycles. The molecule has 5 nitrogen and oxygen atoms in total. The first-order valence-corrected chi connectivity index (χ1v) is 3.90. The van der Waals surface area contributed by atoms with Crippen LogP contribution in [0.2, 0.25) is 0 Å². The second kappa shape index (κ2) is 4.84. The Kier molecular flexibility index (Phi) is 3.69. The van der Waals surface area contributed by atoms with E-state index < -0.39 is 0 Å². The molecule has 1 aromatic rings. The van der Waals surface area contributed by atoms with Crippen molar-refractivity contribution >= 4 is 0 Å². The van der Waals surface area contributed by atoms with Gasteiger partial charge in [0.15, 0.2) is 5.82 Å². The molecule has 5 heteroatoms. The summed E-state index contributed by atoms with van der Waals surface area (Å²) in [6.07, 6.45) is 0. The Morgan fingerprint density at radius 1 is 1.58 bits per heavy atom. The van der Waals surface area contributed by atoms with E-state index in [1.54, 1.807) is 0 Å². The Labute approximate surface area is 71.1 Å². The molecule has 0 aliphatic rings. The highest BCUT2D eigenvalue weighted by molar-refractivity contribution is 4.83. The van der Waals surface area contributed by atoms with Crippen LogP contribution in [0.25, 0.3) is 0 Å². The van der Waals surface area contributed by atoms with Crippen molar-refractivity contribution in [3.05, 3.63) is 11.7 Å². The smallest absolute Gasteiger partial charge is 0.240 e. The molecule has 0 saturated carbocycles. The van der Waals surface area contributed by atoms with Crippen LogP contribution in [-0.2, 0) is 17.9 Å². The highest BCUT2D eigenvalue weighted by Gasteiger charge is 2.03. The lowest BCUT2D eigenvalue weighted by Crippen LogP contribution is -2.05. The topological polar surface area (TPSA) is 60.2 Å². The maximum absolute atomic E-state index is 5.11. The molecular weight excluding hydrogens is 158 g/mol. The van der Waals surface area contributed by atoms with Crippen molar-refractivity contribution < 1.29 is 9.26 Å². The molecule has 0 radical (unpaired) electrons. The lowest BCUT2D eigenvalue weighted by Gasteiger charge is -1.92. The van der Waals surface area contributed by atoms with Gasteiger partial charge in [0, 0.05) is 6.61 Å². The standard InChI is InChI=1S/C7H13N3O2/c1-3-11-5-6-9-7(4-8-2)12-10-6/h8H,3-5H2,1-2H3. The second-order valence-electron chi connectivity index (χ2n) is 2.27. The van der Waals surface area contributed by atoms with Crippen LogP contribution in [0.5, 0.6) is 0 Å². The Hall–Kier alpha value is -0.940. The van der Waals surface area contributed by atoms with E-state index in [1.165, 1.54) is 0 Å².